The highest BCUT2D eigenvalue weighted by Gasteiger charge is 2.32. The number of nitro benzene ring substituents is 1. The Morgan fingerprint density at radius 3 is 2.57 bits per heavy atom. The lowest BCUT2D eigenvalue weighted by atomic mass is 9.72. The summed E-state index contributed by atoms with van der Waals surface area (Å²) in [7, 11) is -4.59. The molecule has 0 spiro atoms. The van der Waals surface area contributed by atoms with Crippen LogP contribution in [0.3, 0.4) is 0 Å². The number of carbonyl (C=O) groups is 1. The maximum atomic E-state index is 14.4. The number of pyridine rings is 1. The Balaban J connectivity index is 0.884. The van der Waals surface area contributed by atoms with Crippen molar-refractivity contribution < 1.29 is 22.9 Å². The van der Waals surface area contributed by atoms with Gasteiger partial charge >= 0.3 is 0 Å². The van der Waals surface area contributed by atoms with E-state index in [1.807, 2.05) is 46.0 Å². The quantitative estimate of drug-likeness (QED) is 0.0784. The van der Waals surface area contributed by atoms with Crippen LogP contribution in [0.2, 0.25) is 5.02 Å². The average Bonchev–Trinajstić information content (AvgIpc) is 4.01. The number of allylic oxidation sites excluding steroid dienone is 1. The SMILES string of the molecule is CC1(C)CCC(CN2CCN(c3ccc(C(=O)NS(=O)(=O)c4ccc(NCCN5CCn6ncnc6C5)c([N+](=O)[O-])c4)c(N4CCOc5nc6[nH]ccc6cc54)c3)CC2)=C(c2ccc(Cl)cc2)C1. The number of anilines is 4. The van der Waals surface area contributed by atoms with E-state index in [2.05, 4.69) is 65.8 Å². The number of hydrogen-bond acceptors (Lipinski definition) is 14. The van der Waals surface area contributed by atoms with Gasteiger partial charge in [-0.1, -0.05) is 43.2 Å². The number of halogens is 1. The molecule has 3 aromatic heterocycles. The maximum absolute atomic E-state index is 14.4. The Bertz CT molecular complexity index is 3040. The van der Waals surface area contributed by atoms with Gasteiger partial charge in [-0.05, 0) is 90.4 Å². The molecule has 0 unspecified atom stereocenters. The summed E-state index contributed by atoms with van der Waals surface area (Å²) in [5.41, 5.74) is 6.80. The Morgan fingerprint density at radius 1 is 0.956 bits per heavy atom. The van der Waals surface area contributed by atoms with Crippen LogP contribution in [0.15, 0.2) is 95.8 Å². The second-order valence-corrected chi connectivity index (χ2v) is 20.7. The molecule has 354 valence electrons. The molecule has 1 saturated heterocycles. The molecule has 68 heavy (non-hydrogen) atoms. The van der Waals surface area contributed by atoms with E-state index in [0.717, 1.165) is 86.5 Å². The van der Waals surface area contributed by atoms with Gasteiger partial charge in [-0.3, -0.25) is 24.7 Å². The molecular weight excluding hydrogens is 908 g/mol. The second kappa shape index (κ2) is 18.5. The molecular formula is C48H53ClN12O6S. The monoisotopic (exact) mass is 960 g/mol. The van der Waals surface area contributed by atoms with Crippen molar-refractivity contribution in [3.8, 4) is 5.88 Å². The number of ether oxygens (including phenoxy) is 1. The number of amides is 1. The van der Waals surface area contributed by atoms with Gasteiger partial charge < -0.3 is 24.8 Å². The van der Waals surface area contributed by atoms with Gasteiger partial charge in [-0.2, -0.15) is 10.1 Å². The summed E-state index contributed by atoms with van der Waals surface area (Å²) in [4.78, 5) is 46.6. The van der Waals surface area contributed by atoms with Crippen molar-refractivity contribution in [1.29, 1.82) is 0 Å². The van der Waals surface area contributed by atoms with E-state index < -0.39 is 31.4 Å². The maximum Gasteiger partial charge on any atom is 0.293 e. The third-order valence-electron chi connectivity index (χ3n) is 13.5. The Kier molecular flexibility index (Phi) is 12.3. The van der Waals surface area contributed by atoms with Crippen LogP contribution >= 0.6 is 11.6 Å². The van der Waals surface area contributed by atoms with Crippen LogP contribution in [0, 0.1) is 15.5 Å². The summed E-state index contributed by atoms with van der Waals surface area (Å²) >= 11 is 6.27. The molecule has 10 rings (SSSR count). The zero-order valence-electron chi connectivity index (χ0n) is 38.0. The Labute approximate surface area is 399 Å². The van der Waals surface area contributed by atoms with E-state index in [0.29, 0.717) is 55.6 Å². The fourth-order valence-corrected chi connectivity index (χ4v) is 10.9. The number of nitrogens with one attached hydrogen (secondary N) is 3. The van der Waals surface area contributed by atoms with Gasteiger partial charge in [0.1, 0.15) is 35.8 Å². The van der Waals surface area contributed by atoms with E-state index in [1.165, 1.54) is 35.2 Å². The number of benzene rings is 3. The fourth-order valence-electron chi connectivity index (χ4n) is 9.75. The molecule has 3 aromatic carbocycles. The number of nitro groups is 1. The molecule has 1 amide bonds. The normalized spacial score (nSPS) is 17.7. The molecule has 1 fully saturated rings. The number of piperazine rings is 1. The van der Waals surface area contributed by atoms with Crippen LogP contribution in [-0.4, -0.2) is 119 Å². The van der Waals surface area contributed by atoms with E-state index in [4.69, 9.17) is 21.3 Å². The van der Waals surface area contributed by atoms with E-state index in [-0.39, 0.29) is 23.3 Å². The van der Waals surface area contributed by atoms with E-state index >= 15 is 0 Å². The Morgan fingerprint density at radius 2 is 1.76 bits per heavy atom. The minimum atomic E-state index is -4.59. The topological polar surface area (TPSA) is 200 Å². The number of sulfonamides is 1. The van der Waals surface area contributed by atoms with Crippen LogP contribution in [0.1, 0.15) is 54.9 Å². The zero-order valence-corrected chi connectivity index (χ0v) is 39.5. The minimum Gasteiger partial charge on any atom is -0.474 e. The van der Waals surface area contributed by atoms with E-state index in [9.17, 15) is 23.3 Å². The zero-order chi connectivity index (χ0) is 47.2. The van der Waals surface area contributed by atoms with Crippen molar-refractivity contribution in [2.24, 2.45) is 5.41 Å². The number of H-pyrrole nitrogens is 1. The largest absolute Gasteiger partial charge is 0.474 e. The summed E-state index contributed by atoms with van der Waals surface area (Å²) < 4.78 is 38.0. The summed E-state index contributed by atoms with van der Waals surface area (Å²) in [5.74, 6) is 0.338. The van der Waals surface area contributed by atoms with Gasteiger partial charge in [0.25, 0.3) is 21.6 Å². The number of aromatic nitrogens is 5. The lowest BCUT2D eigenvalue weighted by molar-refractivity contribution is -0.384. The van der Waals surface area contributed by atoms with Crippen LogP contribution in [0.4, 0.5) is 28.4 Å². The first-order chi connectivity index (χ1) is 32.8. The molecule has 0 radical (unpaired) electrons. The molecule has 4 aliphatic rings. The van der Waals surface area contributed by atoms with Gasteiger partial charge in [-0.25, -0.2) is 22.8 Å². The first-order valence-electron chi connectivity index (χ1n) is 22.9. The van der Waals surface area contributed by atoms with Gasteiger partial charge in [0.15, 0.2) is 0 Å². The summed E-state index contributed by atoms with van der Waals surface area (Å²) in [6.07, 6.45) is 6.51. The predicted octanol–water partition coefficient (Wildman–Crippen LogP) is 7.08. The molecule has 0 saturated carbocycles. The van der Waals surface area contributed by atoms with Crippen molar-refractivity contribution in [3.63, 3.8) is 0 Å². The van der Waals surface area contributed by atoms with Gasteiger partial charge in [0, 0.05) is 80.7 Å². The fraction of sp³-hybridized carbons (Fsp3) is 0.375. The molecule has 3 N–H and O–H groups in total. The second-order valence-electron chi connectivity index (χ2n) is 18.6. The molecule has 6 heterocycles. The van der Waals surface area contributed by atoms with Crippen molar-refractivity contribution >= 4 is 72.6 Å². The summed E-state index contributed by atoms with van der Waals surface area (Å²) in [5, 5.41) is 21.1. The molecule has 1 aliphatic carbocycles. The van der Waals surface area contributed by atoms with E-state index in [1.54, 1.807) is 12.3 Å². The number of nitrogens with zero attached hydrogens (tertiary/aromatic N) is 9. The number of fused-ring (bicyclic) bond motifs is 3. The number of hydrogen-bond donors (Lipinski definition) is 3. The first kappa shape index (κ1) is 45.3. The smallest absolute Gasteiger partial charge is 0.293 e. The van der Waals surface area contributed by atoms with Crippen LogP contribution < -0.4 is 24.6 Å². The number of rotatable bonds is 13. The van der Waals surface area contributed by atoms with Crippen LogP contribution in [0.5, 0.6) is 5.88 Å². The van der Waals surface area contributed by atoms with Crippen LogP contribution in [0.25, 0.3) is 16.6 Å². The number of carbonyl (C=O) groups excluding carboxylic acids is 1. The standard InChI is InChI=1S/C48H53ClN12O6S/c1-48(2)13-11-34(39(28-48)32-3-5-35(49)6-4-32)29-57-17-20-58(21-18-57)36-7-9-38(41(26-36)59-23-24-67-47-43(59)25-33-12-14-51-45(33)54-47)46(62)55-68(65,66)37-8-10-40(42(27-37)61(63)64)50-15-16-56-19-22-60-44(30-56)52-31-53-60/h3-10,12,14,25-27,31,50H,11,13,15-24,28-30H2,1-2H3,(H,51,54)(H,55,62). The predicted molar refractivity (Wildman–Crippen MR) is 261 cm³/mol. The van der Waals surface area contributed by atoms with Crippen molar-refractivity contribution in [1.82, 2.24) is 39.3 Å². The lowest BCUT2D eigenvalue weighted by Crippen LogP contribution is -2.47. The van der Waals surface area contributed by atoms with Gasteiger partial charge in [0.05, 0.1) is 40.7 Å². The minimum absolute atomic E-state index is 0.101. The first-order valence-corrected chi connectivity index (χ1v) is 24.8. The van der Waals surface area contributed by atoms with Crippen LogP contribution in [-0.2, 0) is 23.1 Å². The Hall–Kier alpha value is -6.54. The van der Waals surface area contributed by atoms with Crippen molar-refractivity contribution in [2.45, 2.75) is 51.1 Å². The highest BCUT2D eigenvalue weighted by Crippen LogP contribution is 2.44. The molecule has 18 nitrogen and oxygen atoms in total. The summed E-state index contributed by atoms with van der Waals surface area (Å²) in [6.45, 7) is 12.3. The van der Waals surface area contributed by atoms with Crippen molar-refractivity contribution in [3.05, 3.63) is 123 Å². The molecule has 3 aliphatic heterocycles. The molecule has 6 aromatic rings. The third kappa shape index (κ3) is 9.47. The number of aromatic amines is 1. The van der Waals surface area contributed by atoms with Crippen molar-refractivity contribution in [2.75, 3.05) is 80.6 Å². The van der Waals surface area contributed by atoms with Gasteiger partial charge in [-0.15, -0.1) is 0 Å². The molecule has 0 atom stereocenters. The summed E-state index contributed by atoms with van der Waals surface area (Å²) in [6, 6.07) is 21.0. The van der Waals surface area contributed by atoms with Gasteiger partial charge in [0.2, 0.25) is 5.88 Å². The lowest BCUT2D eigenvalue weighted by Gasteiger charge is -2.39. The highest BCUT2D eigenvalue weighted by molar-refractivity contribution is 7.90. The average molecular weight is 962 g/mol. The third-order valence-corrected chi connectivity index (χ3v) is 15.1. The highest BCUT2D eigenvalue weighted by atomic mass is 35.5. The molecule has 20 heteroatoms. The molecule has 0 bridgehead atoms.